The summed E-state index contributed by atoms with van der Waals surface area (Å²) in [5.74, 6) is -0.380. The summed E-state index contributed by atoms with van der Waals surface area (Å²) in [5, 5.41) is 5.27. The van der Waals surface area contributed by atoms with Gasteiger partial charge < -0.3 is 10.6 Å². The fourth-order valence-corrected chi connectivity index (χ4v) is 3.58. The van der Waals surface area contributed by atoms with Gasteiger partial charge in [-0.05, 0) is 54.4 Å². The van der Waals surface area contributed by atoms with Crippen LogP contribution < -0.4 is 14.9 Å². The maximum Gasteiger partial charge on any atom is 0.323 e. The van der Waals surface area contributed by atoms with Gasteiger partial charge in [0.2, 0.25) is 10.0 Å². The summed E-state index contributed by atoms with van der Waals surface area (Å²) >= 11 is 0. The molecule has 8 heteroatoms. The molecular formula is C16H16FN3O3S. The number of rotatable bonds is 3. The number of hydrogen-bond donors (Lipinski definition) is 2. The van der Waals surface area contributed by atoms with Gasteiger partial charge in [-0.3, -0.25) is 4.31 Å². The van der Waals surface area contributed by atoms with Crippen LogP contribution in [0, 0.1) is 5.82 Å². The molecule has 0 atom stereocenters. The van der Waals surface area contributed by atoms with Gasteiger partial charge in [0, 0.05) is 17.9 Å². The summed E-state index contributed by atoms with van der Waals surface area (Å²) in [4.78, 5) is 12.0. The Morgan fingerprint density at radius 3 is 2.38 bits per heavy atom. The third-order valence-electron chi connectivity index (χ3n) is 3.69. The molecule has 126 valence electrons. The van der Waals surface area contributed by atoms with E-state index >= 15 is 0 Å². The highest BCUT2D eigenvalue weighted by Crippen LogP contribution is 2.32. The van der Waals surface area contributed by atoms with Crippen LogP contribution in [0.4, 0.5) is 26.2 Å². The fraction of sp³-hybridized carbons (Fsp3) is 0.188. The maximum absolute atomic E-state index is 12.8. The second-order valence-electron chi connectivity index (χ2n) is 5.51. The molecule has 3 rings (SSSR count). The number of fused-ring (bicyclic) bond motifs is 1. The molecule has 2 N–H and O–H groups in total. The minimum Gasteiger partial charge on any atom is -0.308 e. The highest BCUT2D eigenvalue weighted by Gasteiger charge is 2.26. The second-order valence-corrected chi connectivity index (χ2v) is 7.42. The van der Waals surface area contributed by atoms with E-state index in [2.05, 4.69) is 10.6 Å². The van der Waals surface area contributed by atoms with Crippen molar-refractivity contribution in [1.29, 1.82) is 0 Å². The molecule has 6 nitrogen and oxygen atoms in total. The Hall–Kier alpha value is -2.61. The average Bonchev–Trinajstić information content (AvgIpc) is 2.93. The molecule has 0 saturated heterocycles. The Labute approximate surface area is 139 Å². The van der Waals surface area contributed by atoms with E-state index in [9.17, 15) is 17.6 Å². The first-order chi connectivity index (χ1) is 11.3. The average molecular weight is 349 g/mol. The molecule has 1 aliphatic rings. The molecule has 24 heavy (non-hydrogen) atoms. The molecule has 0 aliphatic carbocycles. The number of urea groups is 1. The van der Waals surface area contributed by atoms with Crippen LogP contribution in [0.2, 0.25) is 0 Å². The summed E-state index contributed by atoms with van der Waals surface area (Å²) in [7, 11) is -3.29. The van der Waals surface area contributed by atoms with E-state index in [1.807, 2.05) is 0 Å². The Morgan fingerprint density at radius 1 is 1.08 bits per heavy atom. The fourth-order valence-electron chi connectivity index (χ4n) is 2.62. The zero-order valence-electron chi connectivity index (χ0n) is 12.9. The van der Waals surface area contributed by atoms with Crippen molar-refractivity contribution in [2.75, 3.05) is 27.7 Å². The molecule has 2 aromatic rings. The van der Waals surface area contributed by atoms with E-state index in [-0.39, 0.29) is 5.82 Å². The summed E-state index contributed by atoms with van der Waals surface area (Å²) in [5.41, 5.74) is 2.53. The van der Waals surface area contributed by atoms with Crippen molar-refractivity contribution in [2.24, 2.45) is 0 Å². The first-order valence-corrected chi connectivity index (χ1v) is 9.12. The quantitative estimate of drug-likeness (QED) is 0.894. The molecular weight excluding hydrogens is 333 g/mol. The summed E-state index contributed by atoms with van der Waals surface area (Å²) in [6.45, 7) is 0.402. The molecule has 0 saturated carbocycles. The lowest BCUT2D eigenvalue weighted by atomic mass is 10.1. The summed E-state index contributed by atoms with van der Waals surface area (Å²) in [6, 6.07) is 10.0. The molecule has 0 fully saturated rings. The van der Waals surface area contributed by atoms with Gasteiger partial charge in [0.05, 0.1) is 11.9 Å². The van der Waals surface area contributed by atoms with Gasteiger partial charge in [0.15, 0.2) is 0 Å². The maximum atomic E-state index is 12.8. The van der Waals surface area contributed by atoms with E-state index in [1.54, 1.807) is 18.2 Å². The van der Waals surface area contributed by atoms with Crippen LogP contribution in [-0.4, -0.2) is 27.2 Å². The number of amides is 2. The van der Waals surface area contributed by atoms with Crippen molar-refractivity contribution in [3.05, 3.63) is 53.8 Å². The van der Waals surface area contributed by atoms with Gasteiger partial charge >= 0.3 is 6.03 Å². The van der Waals surface area contributed by atoms with Crippen LogP contribution >= 0.6 is 0 Å². The molecule has 2 aromatic carbocycles. The van der Waals surface area contributed by atoms with Gasteiger partial charge in [-0.1, -0.05) is 0 Å². The third kappa shape index (κ3) is 3.48. The molecule has 0 aromatic heterocycles. The number of carbonyl (C=O) groups is 1. The topological polar surface area (TPSA) is 78.5 Å². The first kappa shape index (κ1) is 16.3. The lowest BCUT2D eigenvalue weighted by Gasteiger charge is -2.16. The van der Waals surface area contributed by atoms with Crippen molar-refractivity contribution in [1.82, 2.24) is 0 Å². The van der Waals surface area contributed by atoms with Gasteiger partial charge in [0.1, 0.15) is 5.82 Å². The van der Waals surface area contributed by atoms with E-state index < -0.39 is 16.1 Å². The monoisotopic (exact) mass is 349 g/mol. The molecule has 0 bridgehead atoms. The molecule has 2 amide bonds. The highest BCUT2D eigenvalue weighted by molar-refractivity contribution is 7.92. The number of benzene rings is 2. The lowest BCUT2D eigenvalue weighted by molar-refractivity contribution is 0.262. The van der Waals surface area contributed by atoms with Crippen LogP contribution in [-0.2, 0) is 16.4 Å². The Bertz CT molecular complexity index is 882. The van der Waals surface area contributed by atoms with E-state index in [0.29, 0.717) is 30.0 Å². The van der Waals surface area contributed by atoms with Gasteiger partial charge in [0.25, 0.3) is 0 Å². The molecule has 0 radical (unpaired) electrons. The van der Waals surface area contributed by atoms with Crippen LogP contribution in [0.3, 0.4) is 0 Å². The van der Waals surface area contributed by atoms with Crippen molar-refractivity contribution in [3.8, 4) is 0 Å². The first-order valence-electron chi connectivity index (χ1n) is 7.27. The number of anilines is 3. The Kier molecular flexibility index (Phi) is 4.15. The zero-order chi connectivity index (χ0) is 17.3. The zero-order valence-corrected chi connectivity index (χ0v) is 13.7. The Balaban J connectivity index is 1.71. The van der Waals surface area contributed by atoms with E-state index in [4.69, 9.17) is 0 Å². The molecule has 1 aliphatic heterocycles. The SMILES string of the molecule is CS(=O)(=O)N1CCc2cc(NC(=O)Nc3ccc(F)cc3)ccc21. The number of hydrogen-bond acceptors (Lipinski definition) is 3. The predicted octanol–water partition coefficient (Wildman–Crippen LogP) is 2.79. The molecule has 0 unspecified atom stereocenters. The largest absolute Gasteiger partial charge is 0.323 e. The minimum atomic E-state index is -3.29. The second kappa shape index (κ2) is 6.12. The summed E-state index contributed by atoms with van der Waals surface area (Å²) < 4.78 is 37.6. The van der Waals surface area contributed by atoms with Crippen molar-refractivity contribution >= 4 is 33.1 Å². The molecule has 0 spiro atoms. The molecule has 1 heterocycles. The smallest absolute Gasteiger partial charge is 0.308 e. The van der Waals surface area contributed by atoms with Gasteiger partial charge in [-0.25, -0.2) is 17.6 Å². The van der Waals surface area contributed by atoms with Gasteiger partial charge in [-0.15, -0.1) is 0 Å². The third-order valence-corrected chi connectivity index (χ3v) is 4.87. The number of nitrogens with zero attached hydrogens (tertiary/aromatic N) is 1. The number of carbonyl (C=O) groups excluding carboxylic acids is 1. The van der Waals surface area contributed by atoms with E-state index in [0.717, 1.165) is 5.56 Å². The normalized spacial score (nSPS) is 13.5. The van der Waals surface area contributed by atoms with E-state index in [1.165, 1.54) is 34.8 Å². The summed E-state index contributed by atoms with van der Waals surface area (Å²) in [6.07, 6.45) is 1.77. The van der Waals surface area contributed by atoms with Crippen molar-refractivity contribution in [2.45, 2.75) is 6.42 Å². The van der Waals surface area contributed by atoms with Crippen LogP contribution in [0.1, 0.15) is 5.56 Å². The number of halogens is 1. The van der Waals surface area contributed by atoms with Crippen LogP contribution in [0.5, 0.6) is 0 Å². The van der Waals surface area contributed by atoms with Gasteiger partial charge in [-0.2, -0.15) is 0 Å². The number of nitrogens with one attached hydrogen (secondary N) is 2. The Morgan fingerprint density at radius 2 is 1.71 bits per heavy atom. The highest BCUT2D eigenvalue weighted by atomic mass is 32.2. The number of sulfonamides is 1. The van der Waals surface area contributed by atoms with Crippen molar-refractivity contribution < 1.29 is 17.6 Å². The predicted molar refractivity (Wildman–Crippen MR) is 91.4 cm³/mol. The standard InChI is InChI=1S/C16H16FN3O3S/c1-24(22,23)20-9-8-11-10-14(6-7-15(11)20)19-16(21)18-13-4-2-12(17)3-5-13/h2-7,10H,8-9H2,1H3,(H2,18,19,21). The van der Waals surface area contributed by atoms with Crippen LogP contribution in [0.15, 0.2) is 42.5 Å². The van der Waals surface area contributed by atoms with Crippen LogP contribution in [0.25, 0.3) is 0 Å². The van der Waals surface area contributed by atoms with Crippen molar-refractivity contribution in [3.63, 3.8) is 0 Å². The minimum absolute atomic E-state index is 0.380. The lowest BCUT2D eigenvalue weighted by Crippen LogP contribution is -2.27.